The molecular formula is C11H12F2O. The summed E-state index contributed by atoms with van der Waals surface area (Å²) in [6.45, 7) is 1.71. The molecule has 0 unspecified atom stereocenters. The molecule has 1 aromatic rings. The minimum absolute atomic E-state index is 0.0797. The van der Waals surface area contributed by atoms with Gasteiger partial charge in [-0.25, -0.2) is 8.78 Å². The zero-order valence-electron chi connectivity index (χ0n) is 7.97. The summed E-state index contributed by atoms with van der Waals surface area (Å²) in [5.74, 6) is -2.83. The van der Waals surface area contributed by atoms with Gasteiger partial charge in [-0.1, -0.05) is 31.5 Å². The molecule has 3 heteroatoms. The first-order valence-corrected chi connectivity index (χ1v) is 4.53. The molecule has 0 spiro atoms. The number of carbonyl (C=O) groups is 1. The topological polar surface area (TPSA) is 17.1 Å². The van der Waals surface area contributed by atoms with Gasteiger partial charge in [0, 0.05) is 17.5 Å². The van der Waals surface area contributed by atoms with Gasteiger partial charge in [0.2, 0.25) is 0 Å². The molecule has 0 N–H and O–H groups in total. The van der Waals surface area contributed by atoms with Gasteiger partial charge < -0.3 is 0 Å². The first kappa shape index (κ1) is 10.8. The number of benzene rings is 1. The lowest BCUT2D eigenvalue weighted by atomic mass is 10.0. The Bertz CT molecular complexity index is 321. The predicted octanol–water partition coefficient (Wildman–Crippen LogP) is 3.39. The summed E-state index contributed by atoms with van der Waals surface area (Å²) in [6.07, 6.45) is 0.805. The maximum Gasteiger partial charge on any atom is 0.273 e. The highest BCUT2D eigenvalue weighted by Crippen LogP contribution is 2.32. The molecule has 0 aliphatic heterocycles. The van der Waals surface area contributed by atoms with Crippen LogP contribution in [0, 0.1) is 0 Å². The van der Waals surface area contributed by atoms with Crippen LogP contribution in [0.25, 0.3) is 0 Å². The van der Waals surface area contributed by atoms with Gasteiger partial charge in [0.25, 0.3) is 5.92 Å². The molecule has 0 fully saturated rings. The fourth-order valence-corrected chi connectivity index (χ4v) is 1.30. The van der Waals surface area contributed by atoms with Crippen LogP contribution in [-0.2, 0) is 5.92 Å². The maximum atomic E-state index is 13.4. The van der Waals surface area contributed by atoms with E-state index in [1.165, 1.54) is 24.3 Å². The standard InChI is InChI=1S/C11H12F2O/c1-2-6-11(12,13)10-5-3-4-9(7-10)8-14/h3-5,7-8H,2,6H2,1H3. The number of rotatable bonds is 4. The summed E-state index contributed by atoms with van der Waals surface area (Å²) in [5.41, 5.74) is 0.210. The highest BCUT2D eigenvalue weighted by molar-refractivity contribution is 5.75. The van der Waals surface area contributed by atoms with Crippen molar-refractivity contribution < 1.29 is 13.6 Å². The fraction of sp³-hybridized carbons (Fsp3) is 0.364. The van der Waals surface area contributed by atoms with Crippen molar-refractivity contribution in [1.29, 1.82) is 0 Å². The Kier molecular flexibility index (Phi) is 3.33. The van der Waals surface area contributed by atoms with Crippen molar-refractivity contribution in [3.8, 4) is 0 Å². The van der Waals surface area contributed by atoms with Gasteiger partial charge >= 0.3 is 0 Å². The zero-order chi connectivity index (χ0) is 10.6. The van der Waals surface area contributed by atoms with E-state index in [1.54, 1.807) is 6.92 Å². The fourth-order valence-electron chi connectivity index (χ4n) is 1.30. The van der Waals surface area contributed by atoms with Crippen LogP contribution in [0.1, 0.15) is 35.7 Å². The second-order valence-electron chi connectivity index (χ2n) is 3.20. The summed E-state index contributed by atoms with van der Waals surface area (Å²) in [7, 11) is 0. The SMILES string of the molecule is CCCC(F)(F)c1cccc(C=O)c1. The Morgan fingerprint density at radius 1 is 1.43 bits per heavy atom. The van der Waals surface area contributed by atoms with E-state index in [9.17, 15) is 13.6 Å². The van der Waals surface area contributed by atoms with Crippen molar-refractivity contribution in [2.24, 2.45) is 0 Å². The number of halogens is 2. The van der Waals surface area contributed by atoms with Crippen LogP contribution < -0.4 is 0 Å². The number of carbonyl (C=O) groups excluding carboxylic acids is 1. The lowest BCUT2D eigenvalue weighted by Crippen LogP contribution is -2.12. The third kappa shape index (κ3) is 2.37. The van der Waals surface area contributed by atoms with E-state index < -0.39 is 5.92 Å². The molecule has 0 heterocycles. The number of aldehydes is 1. The largest absolute Gasteiger partial charge is 0.298 e. The third-order valence-electron chi connectivity index (χ3n) is 2.01. The average Bonchev–Trinajstić information content (AvgIpc) is 2.18. The normalized spacial score (nSPS) is 11.4. The summed E-state index contributed by atoms with van der Waals surface area (Å²) in [6, 6.07) is 5.58. The molecular weight excluding hydrogens is 186 g/mol. The van der Waals surface area contributed by atoms with Crippen molar-refractivity contribution >= 4 is 6.29 Å². The van der Waals surface area contributed by atoms with Crippen molar-refractivity contribution in [2.75, 3.05) is 0 Å². The van der Waals surface area contributed by atoms with E-state index >= 15 is 0 Å². The average molecular weight is 198 g/mol. The first-order valence-electron chi connectivity index (χ1n) is 4.53. The molecule has 76 valence electrons. The summed E-state index contributed by atoms with van der Waals surface area (Å²) in [4.78, 5) is 10.4. The van der Waals surface area contributed by atoms with Gasteiger partial charge in [0.15, 0.2) is 0 Å². The van der Waals surface area contributed by atoms with E-state index in [0.717, 1.165) is 0 Å². The molecule has 0 radical (unpaired) electrons. The Morgan fingerprint density at radius 2 is 2.14 bits per heavy atom. The van der Waals surface area contributed by atoms with Gasteiger partial charge in [0.05, 0.1) is 0 Å². The minimum atomic E-state index is -2.83. The first-order chi connectivity index (χ1) is 6.60. The van der Waals surface area contributed by atoms with Crippen molar-refractivity contribution in [2.45, 2.75) is 25.7 Å². The predicted molar refractivity (Wildman–Crippen MR) is 50.6 cm³/mol. The van der Waals surface area contributed by atoms with Gasteiger partial charge in [-0.2, -0.15) is 0 Å². The van der Waals surface area contributed by atoms with Crippen molar-refractivity contribution in [3.63, 3.8) is 0 Å². The summed E-state index contributed by atoms with van der Waals surface area (Å²) in [5, 5.41) is 0. The van der Waals surface area contributed by atoms with Crippen molar-refractivity contribution in [1.82, 2.24) is 0 Å². The smallest absolute Gasteiger partial charge is 0.273 e. The van der Waals surface area contributed by atoms with Gasteiger partial charge in [-0.3, -0.25) is 4.79 Å². The molecule has 14 heavy (non-hydrogen) atoms. The number of hydrogen-bond donors (Lipinski definition) is 0. The maximum absolute atomic E-state index is 13.4. The summed E-state index contributed by atoms with van der Waals surface area (Å²) < 4.78 is 26.7. The lowest BCUT2D eigenvalue weighted by molar-refractivity contribution is -0.0140. The van der Waals surface area contributed by atoms with Crippen LogP contribution >= 0.6 is 0 Å². The van der Waals surface area contributed by atoms with E-state index in [4.69, 9.17) is 0 Å². The molecule has 1 rings (SSSR count). The molecule has 0 aliphatic carbocycles. The zero-order valence-corrected chi connectivity index (χ0v) is 7.97. The Hall–Kier alpha value is -1.25. The molecule has 0 aliphatic rings. The van der Waals surface area contributed by atoms with Crippen LogP contribution in [-0.4, -0.2) is 6.29 Å². The van der Waals surface area contributed by atoms with Gasteiger partial charge in [0.1, 0.15) is 6.29 Å². The number of alkyl halides is 2. The van der Waals surface area contributed by atoms with Crippen molar-refractivity contribution in [3.05, 3.63) is 35.4 Å². The molecule has 0 amide bonds. The molecule has 0 saturated carbocycles. The molecule has 0 atom stereocenters. The molecule has 0 bridgehead atoms. The summed E-state index contributed by atoms with van der Waals surface area (Å²) >= 11 is 0. The van der Waals surface area contributed by atoms with Crippen LogP contribution in [0.4, 0.5) is 8.78 Å². The Morgan fingerprint density at radius 3 is 2.71 bits per heavy atom. The van der Waals surface area contributed by atoms with Crippen LogP contribution in [0.15, 0.2) is 24.3 Å². The second-order valence-corrected chi connectivity index (χ2v) is 3.20. The molecule has 0 saturated heterocycles. The van der Waals surface area contributed by atoms with Crippen LogP contribution in [0.2, 0.25) is 0 Å². The monoisotopic (exact) mass is 198 g/mol. The van der Waals surface area contributed by atoms with Gasteiger partial charge in [-0.05, 0) is 6.07 Å². The van der Waals surface area contributed by atoms with E-state index in [2.05, 4.69) is 0 Å². The minimum Gasteiger partial charge on any atom is -0.298 e. The highest BCUT2D eigenvalue weighted by Gasteiger charge is 2.29. The van der Waals surface area contributed by atoms with E-state index in [-0.39, 0.29) is 12.0 Å². The molecule has 0 aromatic heterocycles. The third-order valence-corrected chi connectivity index (χ3v) is 2.01. The van der Waals surface area contributed by atoms with Crippen LogP contribution in [0.5, 0.6) is 0 Å². The van der Waals surface area contributed by atoms with E-state index in [0.29, 0.717) is 18.3 Å². The van der Waals surface area contributed by atoms with Gasteiger partial charge in [-0.15, -0.1) is 0 Å². The Labute approximate surface area is 81.7 Å². The highest BCUT2D eigenvalue weighted by atomic mass is 19.3. The molecule has 1 nitrogen and oxygen atoms in total. The second kappa shape index (κ2) is 4.31. The quantitative estimate of drug-likeness (QED) is 0.678. The molecule has 1 aromatic carbocycles. The van der Waals surface area contributed by atoms with Crippen LogP contribution in [0.3, 0.4) is 0 Å². The number of hydrogen-bond acceptors (Lipinski definition) is 1. The van der Waals surface area contributed by atoms with E-state index in [1.807, 2.05) is 0 Å². The Balaban J connectivity index is 2.99. The lowest BCUT2D eigenvalue weighted by Gasteiger charge is -2.15.